The van der Waals surface area contributed by atoms with E-state index in [1.165, 1.54) is 18.5 Å². The molecule has 0 unspecified atom stereocenters. The van der Waals surface area contributed by atoms with Crippen molar-refractivity contribution in [3.8, 4) is 0 Å². The van der Waals surface area contributed by atoms with E-state index in [9.17, 15) is 4.79 Å². The first-order valence-corrected chi connectivity index (χ1v) is 7.68. The van der Waals surface area contributed by atoms with E-state index < -0.39 is 0 Å². The number of aliphatic hydroxyl groups excluding tert-OH is 1. The Hall–Kier alpha value is -1.13. The molecule has 2 saturated carbocycles. The van der Waals surface area contributed by atoms with Gasteiger partial charge < -0.3 is 9.67 Å². The van der Waals surface area contributed by atoms with Crippen LogP contribution in [0, 0.1) is 13.8 Å². The first-order chi connectivity index (χ1) is 9.61. The van der Waals surface area contributed by atoms with Gasteiger partial charge in [0.1, 0.15) is 0 Å². The molecular formula is C16H24N2O2. The zero-order chi connectivity index (χ0) is 14.3. The smallest absolute Gasteiger partial charge is 0.178 e. The Morgan fingerprint density at radius 1 is 1.35 bits per heavy atom. The summed E-state index contributed by atoms with van der Waals surface area (Å²) in [7, 11) is 0. The highest BCUT2D eigenvalue weighted by atomic mass is 16.3. The van der Waals surface area contributed by atoms with Gasteiger partial charge in [0.15, 0.2) is 5.78 Å². The Morgan fingerprint density at radius 3 is 2.60 bits per heavy atom. The molecule has 0 radical (unpaired) electrons. The zero-order valence-electron chi connectivity index (χ0n) is 12.4. The van der Waals surface area contributed by atoms with Crippen LogP contribution in [-0.4, -0.2) is 46.1 Å². The number of rotatable bonds is 7. The molecule has 3 rings (SSSR count). The molecule has 1 aromatic rings. The van der Waals surface area contributed by atoms with Crippen LogP contribution < -0.4 is 0 Å². The number of carbonyl (C=O) groups excluding carboxylic acids is 1. The fraction of sp³-hybridized carbons (Fsp3) is 0.688. The summed E-state index contributed by atoms with van der Waals surface area (Å²) in [5, 5.41) is 9.12. The average molecular weight is 276 g/mol. The van der Waals surface area contributed by atoms with Crippen LogP contribution in [0.5, 0.6) is 0 Å². The minimum Gasteiger partial charge on any atom is -0.395 e. The summed E-state index contributed by atoms with van der Waals surface area (Å²) in [6.45, 7) is 5.34. The lowest BCUT2D eigenvalue weighted by molar-refractivity contribution is 0.0906. The molecule has 0 saturated heterocycles. The Bertz CT molecular complexity index is 513. The van der Waals surface area contributed by atoms with E-state index >= 15 is 0 Å². The highest BCUT2D eigenvalue weighted by molar-refractivity contribution is 5.99. The van der Waals surface area contributed by atoms with Gasteiger partial charge in [0.2, 0.25) is 0 Å². The molecule has 2 aliphatic carbocycles. The van der Waals surface area contributed by atoms with Gasteiger partial charge in [0.25, 0.3) is 0 Å². The van der Waals surface area contributed by atoms with E-state index in [1.54, 1.807) is 0 Å². The summed E-state index contributed by atoms with van der Waals surface area (Å²) in [4.78, 5) is 14.7. The number of ketones is 1. The second kappa shape index (κ2) is 5.34. The molecule has 0 aromatic carbocycles. The molecular weight excluding hydrogens is 252 g/mol. The molecule has 0 bridgehead atoms. The van der Waals surface area contributed by atoms with Gasteiger partial charge >= 0.3 is 0 Å². The van der Waals surface area contributed by atoms with E-state index in [0.717, 1.165) is 24.1 Å². The van der Waals surface area contributed by atoms with Crippen LogP contribution in [-0.2, 0) is 0 Å². The molecule has 0 atom stereocenters. The molecule has 1 aromatic heterocycles. The van der Waals surface area contributed by atoms with Crippen LogP contribution >= 0.6 is 0 Å². The number of aryl methyl sites for hydroxylation is 1. The Morgan fingerprint density at radius 2 is 2.05 bits per heavy atom. The third-order valence-corrected chi connectivity index (χ3v) is 4.49. The third-order valence-electron chi connectivity index (χ3n) is 4.49. The monoisotopic (exact) mass is 276 g/mol. The van der Waals surface area contributed by atoms with Crippen molar-refractivity contribution in [3.05, 3.63) is 23.0 Å². The zero-order valence-corrected chi connectivity index (χ0v) is 12.4. The van der Waals surface area contributed by atoms with Gasteiger partial charge in [0.05, 0.1) is 13.2 Å². The topological polar surface area (TPSA) is 45.5 Å². The van der Waals surface area contributed by atoms with Crippen molar-refractivity contribution in [1.29, 1.82) is 0 Å². The van der Waals surface area contributed by atoms with Crippen LogP contribution in [0.4, 0.5) is 0 Å². The maximum absolute atomic E-state index is 12.6. The number of carbonyl (C=O) groups is 1. The summed E-state index contributed by atoms with van der Waals surface area (Å²) < 4.78 is 2.32. The van der Waals surface area contributed by atoms with E-state index in [0.29, 0.717) is 25.2 Å². The average Bonchev–Trinajstić information content (AvgIpc) is 3.28. The number of Topliss-reactive ketones (excluding diaryl/α,β-unsaturated/α-hetero) is 1. The van der Waals surface area contributed by atoms with Crippen molar-refractivity contribution in [3.63, 3.8) is 0 Å². The lowest BCUT2D eigenvalue weighted by Gasteiger charge is -2.19. The summed E-state index contributed by atoms with van der Waals surface area (Å²) in [6, 6.07) is 3.17. The molecule has 2 fully saturated rings. The lowest BCUT2D eigenvalue weighted by atomic mass is 10.1. The molecule has 0 amide bonds. The normalized spacial score (nSPS) is 18.8. The van der Waals surface area contributed by atoms with Gasteiger partial charge in [0, 0.05) is 35.6 Å². The Labute approximate surface area is 120 Å². The van der Waals surface area contributed by atoms with Gasteiger partial charge in [-0.3, -0.25) is 9.69 Å². The van der Waals surface area contributed by atoms with Crippen molar-refractivity contribution >= 4 is 5.78 Å². The van der Waals surface area contributed by atoms with Crippen molar-refractivity contribution in [2.24, 2.45) is 0 Å². The molecule has 20 heavy (non-hydrogen) atoms. The first-order valence-electron chi connectivity index (χ1n) is 7.68. The van der Waals surface area contributed by atoms with Gasteiger partial charge in [-0.25, -0.2) is 0 Å². The van der Waals surface area contributed by atoms with E-state index in [-0.39, 0.29) is 12.4 Å². The van der Waals surface area contributed by atoms with Crippen molar-refractivity contribution in [2.45, 2.75) is 51.6 Å². The fourth-order valence-electron chi connectivity index (χ4n) is 3.18. The summed E-state index contributed by atoms with van der Waals surface area (Å²) in [5.74, 6) is 0.199. The molecule has 110 valence electrons. The summed E-state index contributed by atoms with van der Waals surface area (Å²) >= 11 is 0. The number of nitrogens with zero attached hydrogens (tertiary/aromatic N) is 2. The quantitative estimate of drug-likeness (QED) is 0.776. The third kappa shape index (κ3) is 2.67. The predicted octanol–water partition coefficient (Wildman–Crippen LogP) is 2.08. The standard InChI is InChI=1S/C16H24N2O2/c1-11-9-15(12(2)18(11)14-5-6-14)16(20)10-17(7-8-19)13-3-4-13/h9,13-14,19H,3-8,10H2,1-2H3. The number of aliphatic hydroxyl groups is 1. The van der Waals surface area contributed by atoms with Crippen LogP contribution in [0.25, 0.3) is 0 Å². The minimum absolute atomic E-state index is 0.130. The minimum atomic E-state index is 0.130. The molecule has 1 heterocycles. The lowest BCUT2D eigenvalue weighted by Crippen LogP contribution is -2.34. The van der Waals surface area contributed by atoms with E-state index in [2.05, 4.69) is 23.3 Å². The van der Waals surface area contributed by atoms with Crippen molar-refractivity contribution in [1.82, 2.24) is 9.47 Å². The molecule has 0 spiro atoms. The second-order valence-corrected chi connectivity index (χ2v) is 6.23. The van der Waals surface area contributed by atoms with Crippen LogP contribution in [0.3, 0.4) is 0 Å². The maximum atomic E-state index is 12.6. The number of hydrogen-bond acceptors (Lipinski definition) is 3. The van der Waals surface area contributed by atoms with Gasteiger partial charge in [-0.05, 0) is 45.6 Å². The van der Waals surface area contributed by atoms with Crippen LogP contribution in [0.1, 0.15) is 53.5 Å². The van der Waals surface area contributed by atoms with E-state index in [4.69, 9.17) is 5.11 Å². The first kappa shape index (κ1) is 13.8. The molecule has 4 heteroatoms. The highest BCUT2D eigenvalue weighted by Crippen LogP contribution is 2.38. The number of aromatic nitrogens is 1. The Kier molecular flexibility index (Phi) is 3.69. The van der Waals surface area contributed by atoms with Gasteiger partial charge in [-0.15, -0.1) is 0 Å². The number of hydrogen-bond donors (Lipinski definition) is 1. The Balaban J connectivity index is 1.74. The summed E-state index contributed by atoms with van der Waals surface area (Å²) in [5.41, 5.74) is 3.20. The molecule has 1 N–H and O–H groups in total. The predicted molar refractivity (Wildman–Crippen MR) is 78.2 cm³/mol. The van der Waals surface area contributed by atoms with E-state index in [1.807, 2.05) is 6.07 Å². The molecule has 4 nitrogen and oxygen atoms in total. The van der Waals surface area contributed by atoms with Crippen LogP contribution in [0.2, 0.25) is 0 Å². The SMILES string of the molecule is Cc1cc(C(=O)CN(CCO)C2CC2)c(C)n1C1CC1. The second-order valence-electron chi connectivity index (χ2n) is 6.23. The van der Waals surface area contributed by atoms with Gasteiger partial charge in [-0.1, -0.05) is 0 Å². The van der Waals surface area contributed by atoms with Gasteiger partial charge in [-0.2, -0.15) is 0 Å². The fourth-order valence-corrected chi connectivity index (χ4v) is 3.18. The van der Waals surface area contributed by atoms with Crippen molar-refractivity contribution in [2.75, 3.05) is 19.7 Å². The maximum Gasteiger partial charge on any atom is 0.178 e. The molecule has 0 aliphatic heterocycles. The molecule has 2 aliphatic rings. The van der Waals surface area contributed by atoms with Crippen LogP contribution in [0.15, 0.2) is 6.07 Å². The summed E-state index contributed by atoms with van der Waals surface area (Å²) in [6.07, 6.45) is 4.80. The highest BCUT2D eigenvalue weighted by Gasteiger charge is 2.32. The largest absolute Gasteiger partial charge is 0.395 e. The van der Waals surface area contributed by atoms with Crippen molar-refractivity contribution < 1.29 is 9.90 Å².